The molecule has 0 aromatic heterocycles. The summed E-state index contributed by atoms with van der Waals surface area (Å²) in [4.78, 5) is 0. The Morgan fingerprint density at radius 2 is 2.00 bits per heavy atom. The van der Waals surface area contributed by atoms with E-state index >= 15 is 0 Å². The molecule has 1 aliphatic rings. The van der Waals surface area contributed by atoms with Gasteiger partial charge in [-0.3, -0.25) is 0 Å². The Morgan fingerprint density at radius 1 is 1.44 bits per heavy atom. The molecule has 1 N–H and O–H groups in total. The SMILES string of the molecule is CNS(=O)(=O)N1CCC1. The fourth-order valence-electron chi connectivity index (χ4n) is 0.657. The molecule has 1 rings (SSSR count). The Labute approximate surface area is 55.0 Å². The fourth-order valence-corrected chi connectivity index (χ4v) is 1.65. The van der Waals surface area contributed by atoms with Gasteiger partial charge in [-0.2, -0.15) is 12.7 Å². The Bertz CT molecular complexity index is 183. The van der Waals surface area contributed by atoms with Crippen molar-refractivity contribution in [3.05, 3.63) is 0 Å². The molecule has 5 heteroatoms. The summed E-state index contributed by atoms with van der Waals surface area (Å²) in [6.07, 6.45) is 0.987. The molecule has 0 radical (unpaired) electrons. The second-order valence-electron chi connectivity index (χ2n) is 1.96. The third-order valence-corrected chi connectivity index (χ3v) is 2.97. The van der Waals surface area contributed by atoms with Crippen molar-refractivity contribution in [2.45, 2.75) is 6.42 Å². The summed E-state index contributed by atoms with van der Waals surface area (Å²) in [6.45, 7) is 1.34. The van der Waals surface area contributed by atoms with Crippen molar-refractivity contribution in [3.8, 4) is 0 Å². The van der Waals surface area contributed by atoms with Gasteiger partial charge in [-0.05, 0) is 6.42 Å². The van der Waals surface area contributed by atoms with E-state index in [-0.39, 0.29) is 0 Å². The summed E-state index contributed by atoms with van der Waals surface area (Å²) >= 11 is 0. The number of hydrogen-bond acceptors (Lipinski definition) is 2. The first-order chi connectivity index (χ1) is 4.17. The van der Waals surface area contributed by atoms with Crippen LogP contribution in [0.5, 0.6) is 0 Å². The van der Waals surface area contributed by atoms with Crippen molar-refractivity contribution >= 4 is 10.2 Å². The largest absolute Gasteiger partial charge is 0.279 e. The van der Waals surface area contributed by atoms with Gasteiger partial charge in [-0.25, -0.2) is 4.72 Å². The van der Waals surface area contributed by atoms with Crippen LogP contribution in [0.2, 0.25) is 0 Å². The smallest absolute Gasteiger partial charge is 0.205 e. The van der Waals surface area contributed by atoms with Crippen molar-refractivity contribution in [2.75, 3.05) is 20.1 Å². The number of nitrogens with one attached hydrogen (secondary N) is 1. The molecule has 9 heavy (non-hydrogen) atoms. The number of nitrogens with zero attached hydrogens (tertiary/aromatic N) is 1. The van der Waals surface area contributed by atoms with Crippen LogP contribution in [0, 0.1) is 0 Å². The minimum atomic E-state index is -3.08. The minimum absolute atomic E-state index is 0.670. The highest BCUT2D eigenvalue weighted by Gasteiger charge is 2.25. The molecule has 0 amide bonds. The predicted octanol–water partition coefficient (Wildman–Crippen LogP) is -0.844. The summed E-state index contributed by atoms with van der Waals surface area (Å²) in [7, 11) is -1.65. The first kappa shape index (κ1) is 6.98. The molecular weight excluding hydrogens is 140 g/mol. The summed E-state index contributed by atoms with van der Waals surface area (Å²) in [5.41, 5.74) is 0. The van der Waals surface area contributed by atoms with Gasteiger partial charge in [-0.15, -0.1) is 0 Å². The zero-order valence-corrected chi connectivity index (χ0v) is 6.11. The molecule has 1 heterocycles. The molecule has 0 unspecified atom stereocenters. The highest BCUT2D eigenvalue weighted by molar-refractivity contribution is 7.87. The Balaban J connectivity index is 2.59. The summed E-state index contributed by atoms with van der Waals surface area (Å²) in [5.74, 6) is 0. The van der Waals surface area contributed by atoms with Gasteiger partial charge < -0.3 is 0 Å². The van der Waals surface area contributed by atoms with E-state index in [9.17, 15) is 8.42 Å². The van der Waals surface area contributed by atoms with Crippen LogP contribution in [0.25, 0.3) is 0 Å². The van der Waals surface area contributed by atoms with Gasteiger partial charge in [0, 0.05) is 20.1 Å². The second-order valence-corrected chi connectivity index (χ2v) is 3.84. The predicted molar refractivity (Wildman–Crippen MR) is 34.2 cm³/mol. The van der Waals surface area contributed by atoms with Crippen LogP contribution < -0.4 is 4.72 Å². The van der Waals surface area contributed by atoms with E-state index in [1.54, 1.807) is 0 Å². The van der Waals surface area contributed by atoms with Gasteiger partial charge in [0.1, 0.15) is 0 Å². The average molecular weight is 150 g/mol. The van der Waals surface area contributed by atoms with E-state index in [1.807, 2.05) is 0 Å². The zero-order valence-electron chi connectivity index (χ0n) is 5.29. The van der Waals surface area contributed by atoms with Gasteiger partial charge in [-0.1, -0.05) is 0 Å². The lowest BCUT2D eigenvalue weighted by atomic mass is 10.3. The lowest BCUT2D eigenvalue weighted by Crippen LogP contribution is -2.46. The minimum Gasteiger partial charge on any atom is -0.205 e. The molecule has 4 nitrogen and oxygen atoms in total. The third-order valence-electron chi connectivity index (χ3n) is 1.41. The quantitative estimate of drug-likeness (QED) is 0.558. The molecule has 0 bridgehead atoms. The number of rotatable bonds is 2. The standard InChI is InChI=1S/C4H10N2O2S/c1-5-9(7,8)6-3-2-4-6/h5H,2-4H2,1H3. The molecule has 1 aliphatic heterocycles. The van der Waals surface area contributed by atoms with Gasteiger partial charge in [0.2, 0.25) is 0 Å². The zero-order chi connectivity index (χ0) is 6.91. The van der Waals surface area contributed by atoms with Crippen LogP contribution in [0.1, 0.15) is 6.42 Å². The van der Waals surface area contributed by atoms with Crippen molar-refractivity contribution in [3.63, 3.8) is 0 Å². The highest BCUT2D eigenvalue weighted by atomic mass is 32.2. The first-order valence-electron chi connectivity index (χ1n) is 2.85. The van der Waals surface area contributed by atoms with Gasteiger partial charge in [0.05, 0.1) is 0 Å². The van der Waals surface area contributed by atoms with Crippen LogP contribution >= 0.6 is 0 Å². The van der Waals surface area contributed by atoms with Gasteiger partial charge in [0.25, 0.3) is 10.2 Å². The van der Waals surface area contributed by atoms with Crippen molar-refractivity contribution in [1.29, 1.82) is 0 Å². The Kier molecular flexibility index (Phi) is 1.74. The molecule has 0 aromatic carbocycles. The Morgan fingerprint density at radius 3 is 2.11 bits per heavy atom. The van der Waals surface area contributed by atoms with Crippen LogP contribution in [-0.2, 0) is 10.2 Å². The van der Waals surface area contributed by atoms with E-state index in [0.717, 1.165) is 6.42 Å². The maximum Gasteiger partial charge on any atom is 0.279 e. The molecular formula is C4H10N2O2S. The second kappa shape index (κ2) is 2.24. The monoisotopic (exact) mass is 150 g/mol. The summed E-state index contributed by atoms with van der Waals surface area (Å²) in [6, 6.07) is 0. The van der Waals surface area contributed by atoms with E-state index in [2.05, 4.69) is 4.72 Å². The van der Waals surface area contributed by atoms with E-state index < -0.39 is 10.2 Å². The molecule has 0 saturated carbocycles. The topological polar surface area (TPSA) is 49.4 Å². The maximum absolute atomic E-state index is 10.8. The van der Waals surface area contributed by atoms with E-state index in [1.165, 1.54) is 11.4 Å². The molecule has 0 aliphatic carbocycles. The normalized spacial score (nSPS) is 21.4. The summed E-state index contributed by atoms with van der Waals surface area (Å²) < 4.78 is 25.2. The summed E-state index contributed by atoms with van der Waals surface area (Å²) in [5, 5.41) is 0. The van der Waals surface area contributed by atoms with Crippen LogP contribution in [0.3, 0.4) is 0 Å². The molecule has 1 fully saturated rings. The number of hydrogen-bond donors (Lipinski definition) is 1. The lowest BCUT2D eigenvalue weighted by molar-refractivity contribution is 0.306. The van der Waals surface area contributed by atoms with Crippen LogP contribution in [0.4, 0.5) is 0 Å². The lowest BCUT2D eigenvalue weighted by Gasteiger charge is -2.28. The molecule has 54 valence electrons. The van der Waals surface area contributed by atoms with Crippen molar-refractivity contribution < 1.29 is 8.42 Å². The molecule has 0 spiro atoms. The van der Waals surface area contributed by atoms with Gasteiger partial charge in [0.15, 0.2) is 0 Å². The molecule has 0 aromatic rings. The highest BCUT2D eigenvalue weighted by Crippen LogP contribution is 2.09. The Hall–Kier alpha value is -0.130. The molecule has 0 atom stereocenters. The van der Waals surface area contributed by atoms with Crippen molar-refractivity contribution in [2.24, 2.45) is 0 Å². The van der Waals surface area contributed by atoms with Crippen LogP contribution in [-0.4, -0.2) is 32.9 Å². The van der Waals surface area contributed by atoms with Crippen molar-refractivity contribution in [1.82, 2.24) is 9.03 Å². The average Bonchev–Trinajstić information content (AvgIpc) is 1.60. The van der Waals surface area contributed by atoms with E-state index in [4.69, 9.17) is 0 Å². The van der Waals surface area contributed by atoms with Crippen LogP contribution in [0.15, 0.2) is 0 Å². The maximum atomic E-state index is 10.8. The third kappa shape index (κ3) is 1.23. The van der Waals surface area contributed by atoms with Gasteiger partial charge >= 0.3 is 0 Å². The first-order valence-corrected chi connectivity index (χ1v) is 4.29. The van der Waals surface area contributed by atoms with E-state index in [0.29, 0.717) is 13.1 Å². The fraction of sp³-hybridized carbons (Fsp3) is 1.00. The molecule has 1 saturated heterocycles.